The maximum atomic E-state index is 12.1. The molecule has 1 aliphatic heterocycles. The molecule has 1 saturated heterocycles. The second-order valence-corrected chi connectivity index (χ2v) is 5.20. The largest absolute Gasteiger partial charge is 0.464 e. The van der Waals surface area contributed by atoms with Crippen molar-refractivity contribution in [2.45, 2.75) is 13.0 Å². The first-order chi connectivity index (χ1) is 9.45. The first-order valence-electron chi connectivity index (χ1n) is 7.03. The Labute approximate surface area is 120 Å². The zero-order chi connectivity index (χ0) is 15.1. The number of likely N-dealkylation sites (N-methyl/N-ethyl adjacent to an activating group) is 1. The molecule has 0 radical (unpaired) electrons. The van der Waals surface area contributed by atoms with Gasteiger partial charge in [-0.2, -0.15) is 0 Å². The normalized spacial score (nSPS) is 18.1. The summed E-state index contributed by atoms with van der Waals surface area (Å²) in [5.74, 6) is -0.983. The molecule has 1 aliphatic rings. The highest BCUT2D eigenvalue weighted by Gasteiger charge is 2.30. The molecule has 0 bridgehead atoms. The van der Waals surface area contributed by atoms with Crippen LogP contribution in [0.25, 0.3) is 0 Å². The molecule has 1 heterocycles. The molecule has 0 spiro atoms. The summed E-state index contributed by atoms with van der Waals surface area (Å²) in [6, 6.07) is -1.19. The van der Waals surface area contributed by atoms with Gasteiger partial charge in [0.15, 0.2) is 6.04 Å². The van der Waals surface area contributed by atoms with Gasteiger partial charge >= 0.3 is 5.97 Å². The molecule has 1 amide bonds. The number of hydrogen-bond donors (Lipinski definition) is 1. The lowest BCUT2D eigenvalue weighted by molar-refractivity contribution is -0.151. The van der Waals surface area contributed by atoms with Crippen molar-refractivity contribution in [3.05, 3.63) is 0 Å². The van der Waals surface area contributed by atoms with Crippen molar-refractivity contribution in [2.75, 3.05) is 60.0 Å². The summed E-state index contributed by atoms with van der Waals surface area (Å²) in [5.41, 5.74) is 5.62. The van der Waals surface area contributed by atoms with Crippen molar-refractivity contribution in [2.24, 2.45) is 5.73 Å². The summed E-state index contributed by atoms with van der Waals surface area (Å²) in [4.78, 5) is 29.6. The smallest absolute Gasteiger partial charge is 0.332 e. The SMILES string of the molecule is CCOC(=O)C(N)C(=O)N1CCN(CCN(C)C)CC1. The fourth-order valence-electron chi connectivity index (χ4n) is 2.06. The van der Waals surface area contributed by atoms with E-state index in [1.165, 1.54) is 0 Å². The minimum absolute atomic E-state index is 0.234. The van der Waals surface area contributed by atoms with Gasteiger partial charge in [-0.05, 0) is 21.0 Å². The predicted molar refractivity (Wildman–Crippen MR) is 76.2 cm³/mol. The summed E-state index contributed by atoms with van der Waals surface area (Å²) in [6.07, 6.45) is 0. The van der Waals surface area contributed by atoms with Gasteiger partial charge in [-0.15, -0.1) is 0 Å². The third-order valence-electron chi connectivity index (χ3n) is 3.35. The van der Waals surface area contributed by atoms with Crippen LogP contribution in [0.1, 0.15) is 6.92 Å². The standard InChI is InChI=1S/C13H26N4O3/c1-4-20-13(19)11(14)12(18)17-9-7-16(8-10-17)6-5-15(2)3/h11H,4-10,14H2,1-3H3. The number of nitrogens with two attached hydrogens (primary N) is 1. The maximum absolute atomic E-state index is 12.1. The number of carbonyl (C=O) groups excluding carboxylic acids is 2. The molecule has 0 saturated carbocycles. The Kier molecular flexibility index (Phi) is 6.90. The van der Waals surface area contributed by atoms with E-state index in [9.17, 15) is 9.59 Å². The number of rotatable bonds is 6. The molecule has 1 atom stereocenters. The first-order valence-corrected chi connectivity index (χ1v) is 7.03. The molecular formula is C13H26N4O3. The quantitative estimate of drug-likeness (QED) is 0.477. The van der Waals surface area contributed by atoms with Gasteiger partial charge in [0.1, 0.15) is 0 Å². The lowest BCUT2D eigenvalue weighted by Crippen LogP contribution is -2.55. The third-order valence-corrected chi connectivity index (χ3v) is 3.35. The molecule has 20 heavy (non-hydrogen) atoms. The highest BCUT2D eigenvalue weighted by molar-refractivity contribution is 6.01. The Bertz CT molecular complexity index is 328. The zero-order valence-corrected chi connectivity index (χ0v) is 12.7. The first kappa shape index (κ1) is 16.9. The van der Waals surface area contributed by atoms with Gasteiger partial charge in [0.25, 0.3) is 5.91 Å². The molecule has 1 fully saturated rings. The van der Waals surface area contributed by atoms with E-state index in [1.807, 2.05) is 14.1 Å². The average molecular weight is 286 g/mol. The highest BCUT2D eigenvalue weighted by atomic mass is 16.5. The summed E-state index contributed by atoms with van der Waals surface area (Å²) < 4.78 is 4.77. The number of carbonyl (C=O) groups is 2. The molecule has 2 N–H and O–H groups in total. The second kappa shape index (κ2) is 8.18. The molecule has 1 unspecified atom stereocenters. The Morgan fingerprint density at radius 2 is 1.85 bits per heavy atom. The minimum atomic E-state index is -1.19. The number of piperazine rings is 1. The van der Waals surface area contributed by atoms with Gasteiger partial charge in [-0.25, -0.2) is 4.79 Å². The minimum Gasteiger partial charge on any atom is -0.464 e. The summed E-state index contributed by atoms with van der Waals surface area (Å²) in [5, 5.41) is 0. The van der Waals surface area contributed by atoms with E-state index in [0.29, 0.717) is 13.1 Å². The second-order valence-electron chi connectivity index (χ2n) is 5.20. The average Bonchev–Trinajstić information content (AvgIpc) is 2.44. The van der Waals surface area contributed by atoms with E-state index in [0.717, 1.165) is 26.2 Å². The molecule has 1 rings (SSSR count). The fourth-order valence-corrected chi connectivity index (χ4v) is 2.06. The maximum Gasteiger partial charge on any atom is 0.332 e. The van der Waals surface area contributed by atoms with Crippen LogP contribution < -0.4 is 5.73 Å². The van der Waals surface area contributed by atoms with Crippen LogP contribution in [0.3, 0.4) is 0 Å². The van der Waals surface area contributed by atoms with E-state index in [-0.39, 0.29) is 12.5 Å². The number of ether oxygens (including phenoxy) is 1. The van der Waals surface area contributed by atoms with Crippen molar-refractivity contribution in [1.82, 2.24) is 14.7 Å². The van der Waals surface area contributed by atoms with Crippen LogP contribution in [-0.2, 0) is 14.3 Å². The van der Waals surface area contributed by atoms with Crippen LogP contribution >= 0.6 is 0 Å². The molecule has 0 aromatic rings. The van der Waals surface area contributed by atoms with Crippen LogP contribution in [0.2, 0.25) is 0 Å². The molecule has 0 aromatic heterocycles. The number of amides is 1. The van der Waals surface area contributed by atoms with Gasteiger partial charge in [-0.1, -0.05) is 0 Å². The van der Waals surface area contributed by atoms with E-state index in [2.05, 4.69) is 9.80 Å². The topological polar surface area (TPSA) is 79.1 Å². The summed E-state index contributed by atoms with van der Waals surface area (Å²) in [7, 11) is 4.08. The monoisotopic (exact) mass is 286 g/mol. The lowest BCUT2D eigenvalue weighted by atomic mass is 10.2. The van der Waals surface area contributed by atoms with E-state index < -0.39 is 12.0 Å². The van der Waals surface area contributed by atoms with Crippen molar-refractivity contribution in [1.29, 1.82) is 0 Å². The third kappa shape index (κ3) is 5.07. The van der Waals surface area contributed by atoms with Crippen LogP contribution in [0.4, 0.5) is 0 Å². The van der Waals surface area contributed by atoms with Crippen LogP contribution in [0.15, 0.2) is 0 Å². The summed E-state index contributed by atoms with van der Waals surface area (Å²) in [6.45, 7) is 6.76. The predicted octanol–water partition coefficient (Wildman–Crippen LogP) is -1.42. The Balaban J connectivity index is 2.37. The Morgan fingerprint density at radius 3 is 2.35 bits per heavy atom. The molecule has 0 aliphatic carbocycles. The molecule has 7 heteroatoms. The number of esters is 1. The van der Waals surface area contributed by atoms with Gasteiger partial charge < -0.3 is 20.3 Å². The zero-order valence-electron chi connectivity index (χ0n) is 12.7. The summed E-state index contributed by atoms with van der Waals surface area (Å²) >= 11 is 0. The number of hydrogen-bond acceptors (Lipinski definition) is 6. The van der Waals surface area contributed by atoms with Crippen molar-refractivity contribution < 1.29 is 14.3 Å². The lowest BCUT2D eigenvalue weighted by Gasteiger charge is -2.35. The highest BCUT2D eigenvalue weighted by Crippen LogP contribution is 2.04. The van der Waals surface area contributed by atoms with Crippen molar-refractivity contribution in [3.63, 3.8) is 0 Å². The van der Waals surface area contributed by atoms with Crippen molar-refractivity contribution >= 4 is 11.9 Å². The van der Waals surface area contributed by atoms with Gasteiger partial charge in [0, 0.05) is 39.3 Å². The van der Waals surface area contributed by atoms with Crippen LogP contribution in [-0.4, -0.2) is 92.6 Å². The molecular weight excluding hydrogens is 260 g/mol. The van der Waals surface area contributed by atoms with Crippen molar-refractivity contribution in [3.8, 4) is 0 Å². The number of nitrogens with zero attached hydrogens (tertiary/aromatic N) is 3. The molecule has 116 valence electrons. The van der Waals surface area contributed by atoms with E-state index >= 15 is 0 Å². The van der Waals surface area contributed by atoms with E-state index in [1.54, 1.807) is 11.8 Å². The Morgan fingerprint density at radius 1 is 1.25 bits per heavy atom. The molecule has 0 aromatic carbocycles. The van der Waals surface area contributed by atoms with Gasteiger partial charge in [0.2, 0.25) is 0 Å². The van der Waals surface area contributed by atoms with Crippen LogP contribution in [0.5, 0.6) is 0 Å². The van der Waals surface area contributed by atoms with Gasteiger partial charge in [-0.3, -0.25) is 9.69 Å². The van der Waals surface area contributed by atoms with E-state index in [4.69, 9.17) is 10.5 Å². The Hall–Kier alpha value is -1.18. The van der Waals surface area contributed by atoms with Crippen LogP contribution in [0, 0.1) is 0 Å². The fraction of sp³-hybridized carbons (Fsp3) is 0.846. The molecule has 7 nitrogen and oxygen atoms in total. The van der Waals surface area contributed by atoms with Gasteiger partial charge in [0.05, 0.1) is 6.61 Å².